The molecule has 0 bridgehead atoms. The second-order valence-electron chi connectivity index (χ2n) is 3.76. The predicted octanol–water partition coefficient (Wildman–Crippen LogP) is 1.13. The van der Waals surface area contributed by atoms with E-state index in [1.54, 1.807) is 17.9 Å². The van der Waals surface area contributed by atoms with Crippen LogP contribution in [0.5, 0.6) is 0 Å². The van der Waals surface area contributed by atoms with Gasteiger partial charge in [-0.25, -0.2) is 0 Å². The van der Waals surface area contributed by atoms with Crippen molar-refractivity contribution in [3.63, 3.8) is 0 Å². The number of nitrogens with zero attached hydrogens (tertiary/aromatic N) is 2. The van der Waals surface area contributed by atoms with Crippen LogP contribution in [-0.4, -0.2) is 15.7 Å². The molecule has 2 aromatic rings. The molecule has 3 N–H and O–H groups in total. The summed E-state index contributed by atoms with van der Waals surface area (Å²) < 4.78 is 1.59. The van der Waals surface area contributed by atoms with Crippen molar-refractivity contribution in [2.75, 3.05) is 5.32 Å². The highest BCUT2D eigenvalue weighted by molar-refractivity contribution is 6.03. The molecule has 0 fully saturated rings. The summed E-state index contributed by atoms with van der Waals surface area (Å²) in [5.74, 6) is -0.168. The summed E-state index contributed by atoms with van der Waals surface area (Å²) in [4.78, 5) is 11.8. The number of hydrogen-bond donors (Lipinski definition) is 2. The lowest BCUT2D eigenvalue weighted by atomic mass is 10.2. The van der Waals surface area contributed by atoms with Crippen LogP contribution in [0.25, 0.3) is 0 Å². The predicted molar refractivity (Wildman–Crippen MR) is 65.5 cm³/mol. The van der Waals surface area contributed by atoms with E-state index in [1.807, 2.05) is 24.3 Å². The maximum absolute atomic E-state index is 11.8. The van der Waals surface area contributed by atoms with Crippen LogP contribution < -0.4 is 11.1 Å². The minimum Gasteiger partial charge on any atom is -0.326 e. The third kappa shape index (κ3) is 2.70. The zero-order valence-electron chi connectivity index (χ0n) is 9.55. The van der Waals surface area contributed by atoms with E-state index in [4.69, 9.17) is 5.73 Å². The summed E-state index contributed by atoms with van der Waals surface area (Å²) >= 11 is 0. The van der Waals surface area contributed by atoms with Crippen LogP contribution >= 0.6 is 0 Å². The van der Waals surface area contributed by atoms with E-state index in [-0.39, 0.29) is 5.91 Å². The van der Waals surface area contributed by atoms with Crippen LogP contribution in [0, 0.1) is 0 Å². The zero-order chi connectivity index (χ0) is 12.3. The molecule has 0 unspecified atom stereocenters. The Balaban J connectivity index is 2.07. The monoisotopic (exact) mass is 230 g/mol. The second-order valence-corrected chi connectivity index (χ2v) is 3.76. The zero-order valence-corrected chi connectivity index (χ0v) is 9.55. The lowest BCUT2D eigenvalue weighted by molar-refractivity contribution is 0.102. The first-order valence-electron chi connectivity index (χ1n) is 5.28. The summed E-state index contributed by atoms with van der Waals surface area (Å²) in [5, 5.41) is 6.74. The van der Waals surface area contributed by atoms with E-state index in [2.05, 4.69) is 10.4 Å². The molecule has 2 rings (SSSR count). The fourth-order valence-corrected chi connectivity index (χ4v) is 1.47. The third-order valence-corrected chi connectivity index (χ3v) is 2.41. The van der Waals surface area contributed by atoms with Crippen LogP contribution in [0.2, 0.25) is 0 Å². The fourth-order valence-electron chi connectivity index (χ4n) is 1.47. The molecule has 17 heavy (non-hydrogen) atoms. The fraction of sp³-hybridized carbons (Fsp3) is 0.167. The highest BCUT2D eigenvalue weighted by Gasteiger charge is 2.07. The van der Waals surface area contributed by atoms with Crippen molar-refractivity contribution in [1.82, 2.24) is 9.78 Å². The Hall–Kier alpha value is -2.14. The average molecular weight is 230 g/mol. The lowest BCUT2D eigenvalue weighted by Gasteiger charge is -2.04. The van der Waals surface area contributed by atoms with Crippen LogP contribution in [0.4, 0.5) is 5.69 Å². The summed E-state index contributed by atoms with van der Waals surface area (Å²) in [6.07, 6.45) is 3.20. The van der Waals surface area contributed by atoms with Gasteiger partial charge in [-0.15, -0.1) is 0 Å². The van der Waals surface area contributed by atoms with Crippen molar-refractivity contribution in [3.05, 3.63) is 47.8 Å². The third-order valence-electron chi connectivity index (χ3n) is 2.41. The molecule has 0 saturated carbocycles. The van der Waals surface area contributed by atoms with Gasteiger partial charge in [0.05, 0.1) is 11.8 Å². The first-order valence-corrected chi connectivity index (χ1v) is 5.28. The van der Waals surface area contributed by atoms with Gasteiger partial charge in [0.1, 0.15) is 0 Å². The quantitative estimate of drug-likeness (QED) is 0.830. The number of nitrogens with one attached hydrogen (secondary N) is 1. The van der Waals surface area contributed by atoms with Gasteiger partial charge in [-0.05, 0) is 17.7 Å². The molecule has 0 saturated heterocycles. The maximum atomic E-state index is 11.8. The number of aromatic nitrogens is 2. The van der Waals surface area contributed by atoms with Gasteiger partial charge < -0.3 is 11.1 Å². The van der Waals surface area contributed by atoms with Gasteiger partial charge in [0.15, 0.2) is 0 Å². The summed E-state index contributed by atoms with van der Waals surface area (Å²) in [6.45, 7) is 0.497. The van der Waals surface area contributed by atoms with Gasteiger partial charge in [-0.3, -0.25) is 9.48 Å². The normalized spacial score (nSPS) is 10.2. The smallest absolute Gasteiger partial charge is 0.258 e. The number of hydrogen-bond acceptors (Lipinski definition) is 3. The van der Waals surface area contributed by atoms with Crippen LogP contribution in [0.3, 0.4) is 0 Å². The first kappa shape index (κ1) is 11.3. The Labute approximate surface area is 99.2 Å². The molecule has 0 aliphatic carbocycles. The molecule has 0 radical (unpaired) electrons. The number of aryl methyl sites for hydroxylation is 1. The molecule has 0 spiro atoms. The summed E-state index contributed by atoms with van der Waals surface area (Å²) in [6, 6.07) is 7.44. The van der Waals surface area contributed by atoms with Crippen molar-refractivity contribution < 1.29 is 4.79 Å². The lowest BCUT2D eigenvalue weighted by Crippen LogP contribution is -2.11. The molecule has 1 aromatic heterocycles. The second kappa shape index (κ2) is 4.80. The highest BCUT2D eigenvalue weighted by atomic mass is 16.1. The van der Waals surface area contributed by atoms with Gasteiger partial charge >= 0.3 is 0 Å². The molecule has 0 atom stereocenters. The van der Waals surface area contributed by atoms with E-state index in [1.165, 1.54) is 6.20 Å². The molecular formula is C12H14N4O. The summed E-state index contributed by atoms with van der Waals surface area (Å²) in [5.41, 5.74) is 7.81. The number of carbonyl (C=O) groups excluding carboxylic acids is 1. The summed E-state index contributed by atoms with van der Waals surface area (Å²) in [7, 11) is 1.77. The average Bonchev–Trinajstić information content (AvgIpc) is 2.77. The Morgan fingerprint density at radius 2 is 2.12 bits per heavy atom. The van der Waals surface area contributed by atoms with Gasteiger partial charge in [-0.1, -0.05) is 12.1 Å². The van der Waals surface area contributed by atoms with Crippen LogP contribution in [0.1, 0.15) is 15.9 Å². The molecule has 5 nitrogen and oxygen atoms in total. The van der Waals surface area contributed by atoms with Crippen molar-refractivity contribution in [2.45, 2.75) is 6.54 Å². The SMILES string of the molecule is Cn1cc(C(=O)Nc2ccc(CN)cc2)cn1. The Morgan fingerprint density at radius 1 is 1.41 bits per heavy atom. The molecule has 1 amide bonds. The highest BCUT2D eigenvalue weighted by Crippen LogP contribution is 2.10. The van der Waals surface area contributed by atoms with E-state index in [0.717, 1.165) is 11.3 Å². The Morgan fingerprint density at radius 3 is 2.65 bits per heavy atom. The van der Waals surface area contributed by atoms with Gasteiger partial charge in [-0.2, -0.15) is 5.10 Å². The standard InChI is InChI=1S/C12H14N4O/c1-16-8-10(7-14-16)12(17)15-11-4-2-9(6-13)3-5-11/h2-5,7-8H,6,13H2,1H3,(H,15,17). The molecule has 88 valence electrons. The molecular weight excluding hydrogens is 216 g/mol. The number of carbonyl (C=O) groups is 1. The van der Waals surface area contributed by atoms with Gasteiger partial charge in [0.25, 0.3) is 5.91 Å². The van der Waals surface area contributed by atoms with E-state index in [0.29, 0.717) is 12.1 Å². The first-order chi connectivity index (χ1) is 8.19. The van der Waals surface area contributed by atoms with E-state index < -0.39 is 0 Å². The van der Waals surface area contributed by atoms with Crippen molar-refractivity contribution in [1.29, 1.82) is 0 Å². The van der Waals surface area contributed by atoms with Crippen LogP contribution in [0.15, 0.2) is 36.7 Å². The minimum absolute atomic E-state index is 0.168. The molecule has 1 heterocycles. The van der Waals surface area contributed by atoms with Crippen molar-refractivity contribution in [3.8, 4) is 0 Å². The molecule has 0 aliphatic rings. The Bertz CT molecular complexity index is 516. The molecule has 1 aromatic carbocycles. The maximum Gasteiger partial charge on any atom is 0.258 e. The Kier molecular flexibility index (Phi) is 3.20. The van der Waals surface area contributed by atoms with Crippen molar-refractivity contribution in [2.24, 2.45) is 12.8 Å². The van der Waals surface area contributed by atoms with Gasteiger partial charge in [0.2, 0.25) is 0 Å². The topological polar surface area (TPSA) is 72.9 Å². The number of anilines is 1. The number of amides is 1. The number of nitrogens with two attached hydrogens (primary N) is 1. The van der Waals surface area contributed by atoms with Gasteiger partial charge in [0, 0.05) is 25.5 Å². The molecule has 5 heteroatoms. The molecule has 0 aliphatic heterocycles. The van der Waals surface area contributed by atoms with E-state index >= 15 is 0 Å². The number of benzene rings is 1. The van der Waals surface area contributed by atoms with Crippen molar-refractivity contribution >= 4 is 11.6 Å². The largest absolute Gasteiger partial charge is 0.326 e. The number of rotatable bonds is 3. The van der Waals surface area contributed by atoms with Crippen LogP contribution in [-0.2, 0) is 13.6 Å². The minimum atomic E-state index is -0.168. The van der Waals surface area contributed by atoms with E-state index in [9.17, 15) is 4.79 Å².